The number of sulfonamides is 1. The number of amides is 1. The summed E-state index contributed by atoms with van der Waals surface area (Å²) in [6.45, 7) is 3.29. The van der Waals surface area contributed by atoms with Crippen molar-refractivity contribution in [3.8, 4) is 5.75 Å². The van der Waals surface area contributed by atoms with E-state index in [4.69, 9.17) is 4.74 Å². The van der Waals surface area contributed by atoms with Crippen molar-refractivity contribution < 1.29 is 17.9 Å². The van der Waals surface area contributed by atoms with Crippen LogP contribution in [0.1, 0.15) is 22.3 Å². The Morgan fingerprint density at radius 3 is 2.21 bits per heavy atom. The van der Waals surface area contributed by atoms with Gasteiger partial charge in [-0.2, -0.15) is 0 Å². The molecule has 1 heterocycles. The normalized spacial score (nSPS) is 13.0. The first kappa shape index (κ1) is 25.5. The maximum atomic E-state index is 13.7. The number of hydrogen-bond acceptors (Lipinski definition) is 4. The van der Waals surface area contributed by atoms with Crippen LogP contribution in [-0.4, -0.2) is 32.4 Å². The maximum Gasteiger partial charge on any atom is 0.264 e. The molecular formula is C31H30N2O4S. The van der Waals surface area contributed by atoms with Crippen molar-refractivity contribution in [2.45, 2.75) is 31.3 Å². The number of hydrogen-bond donors (Lipinski definition) is 0. The Labute approximate surface area is 224 Å². The molecule has 4 aromatic carbocycles. The molecule has 7 heteroatoms. The summed E-state index contributed by atoms with van der Waals surface area (Å²) in [6.07, 6.45) is 0.837. The molecule has 0 saturated heterocycles. The number of anilines is 1. The average molecular weight is 527 g/mol. The van der Waals surface area contributed by atoms with E-state index in [1.807, 2.05) is 54.3 Å². The number of benzene rings is 4. The van der Waals surface area contributed by atoms with E-state index in [1.165, 1.54) is 15.4 Å². The lowest BCUT2D eigenvalue weighted by Crippen LogP contribution is -2.38. The Morgan fingerprint density at radius 1 is 0.842 bits per heavy atom. The van der Waals surface area contributed by atoms with Crippen LogP contribution in [-0.2, 0) is 34.3 Å². The van der Waals surface area contributed by atoms with Gasteiger partial charge in [0.05, 0.1) is 17.1 Å². The standard InChI is InChI=1S/C31H30N2O4S/c1-24-11-17-30(18-12-24)38(35,36)33(21-25-7-3-2-4-8-25)28-13-15-29(16-14-28)37-23-31(34)32-20-19-26-9-5-6-10-27(26)22-32/h2-18H,19-23H2,1H3. The zero-order valence-electron chi connectivity index (χ0n) is 21.3. The van der Waals surface area contributed by atoms with E-state index in [-0.39, 0.29) is 24.0 Å². The summed E-state index contributed by atoms with van der Waals surface area (Å²) in [6, 6.07) is 31.3. The fourth-order valence-electron chi connectivity index (χ4n) is 4.56. The van der Waals surface area contributed by atoms with Gasteiger partial charge in [0.2, 0.25) is 0 Å². The molecule has 1 aliphatic rings. The third-order valence-corrected chi connectivity index (χ3v) is 8.54. The van der Waals surface area contributed by atoms with E-state index in [2.05, 4.69) is 12.1 Å². The van der Waals surface area contributed by atoms with Gasteiger partial charge >= 0.3 is 0 Å². The molecule has 1 amide bonds. The monoisotopic (exact) mass is 526 g/mol. The lowest BCUT2D eigenvalue weighted by molar-refractivity contribution is -0.134. The Kier molecular flexibility index (Phi) is 7.47. The highest BCUT2D eigenvalue weighted by molar-refractivity contribution is 7.92. The third-order valence-electron chi connectivity index (χ3n) is 6.75. The van der Waals surface area contributed by atoms with Gasteiger partial charge in [-0.15, -0.1) is 0 Å². The zero-order chi connectivity index (χ0) is 26.5. The molecule has 0 aliphatic carbocycles. The number of rotatable bonds is 8. The van der Waals surface area contributed by atoms with Crippen molar-refractivity contribution in [2.24, 2.45) is 0 Å². The number of fused-ring (bicyclic) bond motifs is 1. The fourth-order valence-corrected chi connectivity index (χ4v) is 6.01. The van der Waals surface area contributed by atoms with E-state index in [9.17, 15) is 13.2 Å². The highest BCUT2D eigenvalue weighted by Crippen LogP contribution is 2.28. The SMILES string of the molecule is Cc1ccc(S(=O)(=O)N(Cc2ccccc2)c2ccc(OCC(=O)N3CCc4ccccc4C3)cc2)cc1. The summed E-state index contributed by atoms with van der Waals surface area (Å²) in [5.74, 6) is 0.433. The van der Waals surface area contributed by atoms with Gasteiger partial charge in [-0.05, 0) is 66.4 Å². The topological polar surface area (TPSA) is 66.9 Å². The van der Waals surface area contributed by atoms with Gasteiger partial charge in [0.25, 0.3) is 15.9 Å². The van der Waals surface area contributed by atoms with Gasteiger partial charge in [0.1, 0.15) is 5.75 Å². The first-order valence-electron chi connectivity index (χ1n) is 12.6. The molecule has 0 bridgehead atoms. The molecule has 0 fully saturated rings. The Morgan fingerprint density at radius 2 is 1.50 bits per heavy atom. The molecule has 0 spiro atoms. The molecule has 0 saturated carbocycles. The predicted molar refractivity (Wildman–Crippen MR) is 148 cm³/mol. The van der Waals surface area contributed by atoms with E-state index >= 15 is 0 Å². The van der Waals surface area contributed by atoms with Crippen LogP contribution in [0.5, 0.6) is 5.75 Å². The van der Waals surface area contributed by atoms with E-state index < -0.39 is 10.0 Å². The van der Waals surface area contributed by atoms with Gasteiger partial charge < -0.3 is 9.64 Å². The Balaban J connectivity index is 1.30. The summed E-state index contributed by atoms with van der Waals surface area (Å²) in [5, 5.41) is 0. The molecule has 0 N–H and O–H groups in total. The van der Waals surface area contributed by atoms with Crippen LogP contribution in [0.4, 0.5) is 5.69 Å². The van der Waals surface area contributed by atoms with Gasteiger partial charge in [-0.3, -0.25) is 9.10 Å². The fraction of sp³-hybridized carbons (Fsp3) is 0.194. The van der Waals surface area contributed by atoms with Crippen LogP contribution in [0.3, 0.4) is 0 Å². The molecule has 0 atom stereocenters. The zero-order valence-corrected chi connectivity index (χ0v) is 22.1. The molecule has 0 aromatic heterocycles. The van der Waals surface area contributed by atoms with Crippen LogP contribution < -0.4 is 9.04 Å². The van der Waals surface area contributed by atoms with E-state index in [0.717, 1.165) is 17.5 Å². The highest BCUT2D eigenvalue weighted by atomic mass is 32.2. The van der Waals surface area contributed by atoms with Crippen molar-refractivity contribution in [3.63, 3.8) is 0 Å². The average Bonchev–Trinajstić information content (AvgIpc) is 2.95. The van der Waals surface area contributed by atoms with Crippen LogP contribution in [0.2, 0.25) is 0 Å². The Bertz CT molecular complexity index is 1500. The molecule has 6 nitrogen and oxygen atoms in total. The van der Waals surface area contributed by atoms with Crippen LogP contribution in [0, 0.1) is 6.92 Å². The minimum atomic E-state index is -3.81. The van der Waals surface area contributed by atoms with Crippen LogP contribution in [0.25, 0.3) is 0 Å². The quantitative estimate of drug-likeness (QED) is 0.310. The van der Waals surface area contributed by atoms with Crippen molar-refractivity contribution in [2.75, 3.05) is 17.5 Å². The molecule has 5 rings (SSSR count). The van der Waals surface area contributed by atoms with Gasteiger partial charge in [0.15, 0.2) is 6.61 Å². The minimum Gasteiger partial charge on any atom is -0.484 e. The van der Waals surface area contributed by atoms with E-state index in [0.29, 0.717) is 24.5 Å². The first-order chi connectivity index (χ1) is 18.4. The molecule has 1 aliphatic heterocycles. The van der Waals surface area contributed by atoms with Gasteiger partial charge in [-0.25, -0.2) is 8.42 Å². The molecule has 194 valence electrons. The van der Waals surface area contributed by atoms with Crippen molar-refractivity contribution in [1.82, 2.24) is 4.90 Å². The summed E-state index contributed by atoms with van der Waals surface area (Å²) in [5.41, 5.74) is 4.83. The third kappa shape index (κ3) is 5.73. The van der Waals surface area contributed by atoms with Crippen LogP contribution >= 0.6 is 0 Å². The molecule has 4 aromatic rings. The minimum absolute atomic E-state index is 0.0725. The summed E-state index contributed by atoms with van der Waals surface area (Å²) in [4.78, 5) is 14.8. The first-order valence-corrected chi connectivity index (χ1v) is 14.0. The smallest absolute Gasteiger partial charge is 0.264 e. The lowest BCUT2D eigenvalue weighted by Gasteiger charge is -2.28. The second-order valence-electron chi connectivity index (χ2n) is 9.43. The second kappa shape index (κ2) is 11.1. The molecule has 0 unspecified atom stereocenters. The van der Waals surface area contributed by atoms with Crippen molar-refractivity contribution in [1.29, 1.82) is 0 Å². The number of aryl methyl sites for hydroxylation is 1. The van der Waals surface area contributed by atoms with Gasteiger partial charge in [0, 0.05) is 13.1 Å². The Hall–Kier alpha value is -4.10. The predicted octanol–water partition coefficient (Wildman–Crippen LogP) is 5.35. The maximum absolute atomic E-state index is 13.7. The van der Waals surface area contributed by atoms with Gasteiger partial charge in [-0.1, -0.05) is 72.3 Å². The van der Waals surface area contributed by atoms with E-state index in [1.54, 1.807) is 48.5 Å². The number of nitrogens with zero attached hydrogens (tertiary/aromatic N) is 2. The molecule has 0 radical (unpaired) electrons. The second-order valence-corrected chi connectivity index (χ2v) is 11.3. The largest absolute Gasteiger partial charge is 0.484 e. The highest BCUT2D eigenvalue weighted by Gasteiger charge is 2.26. The summed E-state index contributed by atoms with van der Waals surface area (Å²) < 4.78 is 34.5. The number of carbonyl (C=O) groups excluding carboxylic acids is 1. The molecular weight excluding hydrogens is 496 g/mol. The van der Waals surface area contributed by atoms with Crippen molar-refractivity contribution >= 4 is 21.6 Å². The van der Waals surface area contributed by atoms with Crippen LogP contribution in [0.15, 0.2) is 108 Å². The number of ether oxygens (including phenoxy) is 1. The van der Waals surface area contributed by atoms with Crippen molar-refractivity contribution in [3.05, 3.63) is 125 Å². The summed E-state index contributed by atoms with van der Waals surface area (Å²) >= 11 is 0. The lowest BCUT2D eigenvalue weighted by atomic mass is 10.00. The number of carbonyl (C=O) groups is 1. The summed E-state index contributed by atoms with van der Waals surface area (Å²) in [7, 11) is -3.81. The molecule has 38 heavy (non-hydrogen) atoms.